The normalized spacial score (nSPS) is 23.8. The Morgan fingerprint density at radius 3 is 2.82 bits per heavy atom. The van der Waals surface area contributed by atoms with Gasteiger partial charge in [0.2, 0.25) is 0 Å². The van der Waals surface area contributed by atoms with Crippen LogP contribution in [0.15, 0.2) is 24.5 Å². The van der Waals surface area contributed by atoms with Crippen molar-refractivity contribution in [1.29, 1.82) is 0 Å². The zero-order valence-corrected chi connectivity index (χ0v) is 12.2. The van der Waals surface area contributed by atoms with Crippen molar-refractivity contribution in [2.24, 2.45) is 0 Å². The summed E-state index contributed by atoms with van der Waals surface area (Å²) in [7, 11) is 0. The number of rotatable bonds is 2. The Kier molecular flexibility index (Phi) is 2.38. The fraction of sp³-hybridized carbons (Fsp3) is 0.400. The van der Waals surface area contributed by atoms with Crippen molar-refractivity contribution < 1.29 is 4.74 Å². The minimum Gasteiger partial charge on any atom is -0.371 e. The number of ether oxygens (including phenoxy) is 1. The molecule has 2 atom stereocenters. The number of hydrogen-bond donors (Lipinski definition) is 1. The van der Waals surface area contributed by atoms with Gasteiger partial charge in [0, 0.05) is 37.2 Å². The topological polar surface area (TPSA) is 71.9 Å². The molecule has 3 saturated heterocycles. The molecule has 3 aliphatic rings. The standard InChI is InChI=1S/C15H16N6O/c1-9-4-14(20-7-10-5-11(8-20)22-10)18-15-12(9)6-17-21(15)13-2-3-16-19-13/h2-4,6,10-11H,5,7-8H2,1H3,(H,16,19). The van der Waals surface area contributed by atoms with Gasteiger partial charge in [-0.15, -0.1) is 0 Å². The Hall–Kier alpha value is -2.41. The van der Waals surface area contributed by atoms with E-state index < -0.39 is 0 Å². The van der Waals surface area contributed by atoms with Crippen LogP contribution < -0.4 is 4.90 Å². The second-order valence-electron chi connectivity index (χ2n) is 6.04. The number of nitrogens with zero attached hydrogens (tertiary/aromatic N) is 5. The number of piperidine rings is 1. The summed E-state index contributed by atoms with van der Waals surface area (Å²) >= 11 is 0. The molecule has 6 heterocycles. The first-order valence-electron chi connectivity index (χ1n) is 7.54. The Morgan fingerprint density at radius 2 is 2.09 bits per heavy atom. The predicted octanol–water partition coefficient (Wildman–Crippen LogP) is 1.43. The summed E-state index contributed by atoms with van der Waals surface area (Å²) in [5, 5.41) is 12.5. The molecule has 0 aromatic carbocycles. The zero-order chi connectivity index (χ0) is 14.7. The fourth-order valence-corrected chi connectivity index (χ4v) is 3.38. The lowest BCUT2D eigenvalue weighted by atomic mass is 9.99. The van der Waals surface area contributed by atoms with Gasteiger partial charge in [-0.1, -0.05) is 0 Å². The van der Waals surface area contributed by atoms with Crippen molar-refractivity contribution in [2.45, 2.75) is 25.6 Å². The Labute approximate surface area is 126 Å². The van der Waals surface area contributed by atoms with E-state index in [-0.39, 0.29) is 0 Å². The number of hydrogen-bond acceptors (Lipinski definition) is 5. The lowest BCUT2D eigenvalue weighted by molar-refractivity contribution is -0.133. The number of aromatic amines is 1. The second-order valence-corrected chi connectivity index (χ2v) is 6.04. The molecule has 22 heavy (non-hydrogen) atoms. The number of aryl methyl sites for hydroxylation is 1. The van der Waals surface area contributed by atoms with Gasteiger partial charge >= 0.3 is 0 Å². The molecule has 7 heteroatoms. The van der Waals surface area contributed by atoms with Gasteiger partial charge in [-0.3, -0.25) is 5.10 Å². The van der Waals surface area contributed by atoms with Crippen LogP contribution in [0.3, 0.4) is 0 Å². The smallest absolute Gasteiger partial charge is 0.177 e. The lowest BCUT2D eigenvalue weighted by Crippen LogP contribution is -2.57. The molecule has 3 fully saturated rings. The average molecular weight is 296 g/mol. The van der Waals surface area contributed by atoms with E-state index >= 15 is 0 Å². The van der Waals surface area contributed by atoms with Crippen LogP contribution in [0.4, 0.5) is 5.82 Å². The van der Waals surface area contributed by atoms with Crippen LogP contribution in [0.25, 0.3) is 16.9 Å². The molecule has 3 aromatic rings. The van der Waals surface area contributed by atoms with Gasteiger partial charge in [-0.25, -0.2) is 4.98 Å². The Morgan fingerprint density at radius 1 is 1.27 bits per heavy atom. The van der Waals surface area contributed by atoms with Gasteiger partial charge in [0.1, 0.15) is 5.82 Å². The van der Waals surface area contributed by atoms with Crippen LogP contribution >= 0.6 is 0 Å². The second kappa shape index (κ2) is 4.30. The molecule has 3 aromatic heterocycles. The summed E-state index contributed by atoms with van der Waals surface area (Å²) in [6, 6.07) is 4.03. The highest BCUT2D eigenvalue weighted by molar-refractivity contribution is 5.82. The Bertz CT molecular complexity index is 823. The van der Waals surface area contributed by atoms with Crippen LogP contribution in [-0.4, -0.2) is 50.3 Å². The highest BCUT2D eigenvalue weighted by Crippen LogP contribution is 2.32. The van der Waals surface area contributed by atoms with E-state index in [4.69, 9.17) is 9.72 Å². The number of nitrogens with one attached hydrogen (secondary N) is 1. The third-order valence-corrected chi connectivity index (χ3v) is 4.52. The van der Waals surface area contributed by atoms with Crippen molar-refractivity contribution in [1.82, 2.24) is 25.0 Å². The first kappa shape index (κ1) is 12.2. The van der Waals surface area contributed by atoms with Gasteiger partial charge in [0.05, 0.1) is 18.4 Å². The lowest BCUT2D eigenvalue weighted by Gasteiger charge is -2.47. The molecule has 1 N–H and O–H groups in total. The number of pyridine rings is 1. The molecule has 0 aliphatic carbocycles. The maximum atomic E-state index is 5.71. The van der Waals surface area contributed by atoms with Crippen molar-refractivity contribution in [2.75, 3.05) is 18.0 Å². The largest absolute Gasteiger partial charge is 0.371 e. The first-order chi connectivity index (χ1) is 10.8. The van der Waals surface area contributed by atoms with Crippen molar-refractivity contribution in [3.63, 3.8) is 0 Å². The summed E-state index contributed by atoms with van der Waals surface area (Å²) in [4.78, 5) is 7.16. The van der Waals surface area contributed by atoms with Crippen LogP contribution in [0.1, 0.15) is 12.0 Å². The molecule has 0 radical (unpaired) electrons. The van der Waals surface area contributed by atoms with Crippen LogP contribution in [-0.2, 0) is 4.74 Å². The highest BCUT2D eigenvalue weighted by atomic mass is 16.5. The van der Waals surface area contributed by atoms with Crippen molar-refractivity contribution in [3.8, 4) is 5.82 Å². The number of anilines is 1. The number of morpholine rings is 1. The van der Waals surface area contributed by atoms with Gasteiger partial charge < -0.3 is 9.64 Å². The van der Waals surface area contributed by atoms with E-state index in [2.05, 4.69) is 33.2 Å². The molecule has 7 nitrogen and oxygen atoms in total. The summed E-state index contributed by atoms with van der Waals surface area (Å²) in [6.07, 6.45) is 5.56. The quantitative estimate of drug-likeness (QED) is 0.774. The molecule has 6 rings (SSSR count). The van der Waals surface area contributed by atoms with Gasteiger partial charge in [0.15, 0.2) is 11.5 Å². The average Bonchev–Trinajstić information content (AvgIpc) is 3.15. The molecular weight excluding hydrogens is 280 g/mol. The highest BCUT2D eigenvalue weighted by Gasteiger charge is 2.38. The molecule has 0 spiro atoms. The SMILES string of the molecule is Cc1cc(N2CC3CC(C2)O3)nc2c1cnn2-c1cc[nH]n1. The Balaban J connectivity index is 1.63. The molecule has 3 aliphatic heterocycles. The number of fused-ring (bicyclic) bond motifs is 3. The molecule has 0 amide bonds. The third kappa shape index (κ3) is 1.69. The minimum atomic E-state index is 0.368. The van der Waals surface area contributed by atoms with E-state index in [9.17, 15) is 0 Å². The van der Waals surface area contributed by atoms with E-state index in [0.717, 1.165) is 35.8 Å². The zero-order valence-electron chi connectivity index (χ0n) is 12.2. The fourth-order valence-electron chi connectivity index (χ4n) is 3.38. The minimum absolute atomic E-state index is 0.368. The molecule has 112 valence electrons. The molecule has 2 unspecified atom stereocenters. The van der Waals surface area contributed by atoms with E-state index in [1.165, 1.54) is 12.0 Å². The van der Waals surface area contributed by atoms with E-state index in [1.807, 2.05) is 12.3 Å². The molecule has 2 bridgehead atoms. The maximum Gasteiger partial charge on any atom is 0.177 e. The van der Waals surface area contributed by atoms with E-state index in [0.29, 0.717) is 12.2 Å². The predicted molar refractivity (Wildman–Crippen MR) is 81.2 cm³/mol. The summed E-state index contributed by atoms with van der Waals surface area (Å²) < 4.78 is 7.49. The maximum absolute atomic E-state index is 5.71. The monoisotopic (exact) mass is 296 g/mol. The van der Waals surface area contributed by atoms with Crippen LogP contribution in [0.5, 0.6) is 0 Å². The van der Waals surface area contributed by atoms with E-state index in [1.54, 1.807) is 10.9 Å². The van der Waals surface area contributed by atoms with Crippen LogP contribution in [0.2, 0.25) is 0 Å². The number of H-pyrrole nitrogens is 1. The molecule has 0 saturated carbocycles. The first-order valence-corrected chi connectivity index (χ1v) is 7.54. The molecular formula is C15H16N6O. The summed E-state index contributed by atoms with van der Waals surface area (Å²) in [5.74, 6) is 1.75. The third-order valence-electron chi connectivity index (χ3n) is 4.52. The number of aromatic nitrogens is 5. The summed E-state index contributed by atoms with van der Waals surface area (Å²) in [6.45, 7) is 3.95. The van der Waals surface area contributed by atoms with Gasteiger partial charge in [-0.2, -0.15) is 14.9 Å². The summed E-state index contributed by atoms with van der Waals surface area (Å²) in [5.41, 5.74) is 2.03. The van der Waals surface area contributed by atoms with Gasteiger partial charge in [0.25, 0.3) is 0 Å². The van der Waals surface area contributed by atoms with Crippen LogP contribution in [0, 0.1) is 6.92 Å². The van der Waals surface area contributed by atoms with Gasteiger partial charge in [-0.05, 0) is 18.6 Å². The van der Waals surface area contributed by atoms with Crippen molar-refractivity contribution >= 4 is 16.9 Å². The van der Waals surface area contributed by atoms with Crippen molar-refractivity contribution in [3.05, 3.63) is 30.1 Å².